The first-order valence-electron chi connectivity index (χ1n) is 8.45. The zero-order chi connectivity index (χ0) is 18.0. The Labute approximate surface area is 138 Å². The van der Waals surface area contributed by atoms with Crippen molar-refractivity contribution in [2.75, 3.05) is 26.2 Å². The van der Waals surface area contributed by atoms with Crippen LogP contribution in [0.5, 0.6) is 0 Å². The van der Waals surface area contributed by atoms with Gasteiger partial charge < -0.3 is 9.04 Å². The Hall–Kier alpha value is -0.340. The number of nitrogens with zero attached hydrogens (tertiary/aromatic N) is 1. The number of hydrogen-bond acceptors (Lipinski definition) is 3. The number of alkyl halides is 3. The lowest BCUT2D eigenvalue weighted by atomic mass is 10.1. The van der Waals surface area contributed by atoms with Crippen molar-refractivity contribution in [3.63, 3.8) is 0 Å². The van der Waals surface area contributed by atoms with Gasteiger partial charge in [0.15, 0.2) is 10.1 Å². The largest absolute Gasteiger partial charge is 0.741 e. The number of unbranched alkanes of at least 4 members (excludes halogenated alkanes) is 4. The van der Waals surface area contributed by atoms with E-state index in [0.29, 0.717) is 0 Å². The molecule has 1 rings (SSSR count). The second kappa shape index (κ2) is 10.5. The van der Waals surface area contributed by atoms with E-state index in [1.807, 2.05) is 0 Å². The monoisotopic (exact) mass is 361 g/mol. The van der Waals surface area contributed by atoms with Gasteiger partial charge >= 0.3 is 5.51 Å². The van der Waals surface area contributed by atoms with E-state index in [0.717, 1.165) is 0 Å². The number of halogens is 3. The van der Waals surface area contributed by atoms with Gasteiger partial charge in [0.1, 0.15) is 0 Å². The molecule has 0 atom stereocenters. The highest BCUT2D eigenvalue weighted by molar-refractivity contribution is 7.86. The van der Waals surface area contributed by atoms with Gasteiger partial charge in [-0.25, -0.2) is 8.42 Å². The minimum absolute atomic E-state index is 1.37. The lowest BCUT2D eigenvalue weighted by Gasteiger charge is -2.34. The molecular formula is C15H30F3NO3S. The van der Waals surface area contributed by atoms with Crippen molar-refractivity contribution in [3.8, 4) is 0 Å². The first kappa shape index (κ1) is 22.7. The summed E-state index contributed by atoms with van der Waals surface area (Å²) in [6.45, 7) is 10.5. The molecule has 0 bridgehead atoms. The number of likely N-dealkylation sites (tertiary alicyclic amines) is 1. The smallest absolute Gasteiger partial charge is 0.485 e. The quantitative estimate of drug-likeness (QED) is 0.284. The molecule has 1 fully saturated rings. The van der Waals surface area contributed by atoms with Gasteiger partial charge in [0.05, 0.1) is 26.2 Å². The van der Waals surface area contributed by atoms with E-state index in [4.69, 9.17) is 13.0 Å². The van der Waals surface area contributed by atoms with Crippen molar-refractivity contribution < 1.29 is 30.6 Å². The number of rotatable bonds is 8. The van der Waals surface area contributed by atoms with Gasteiger partial charge in [0.2, 0.25) is 0 Å². The highest BCUT2D eigenvalue weighted by Crippen LogP contribution is 2.22. The molecule has 1 aliphatic heterocycles. The summed E-state index contributed by atoms with van der Waals surface area (Å²) in [5.41, 5.74) is -5.65. The van der Waals surface area contributed by atoms with Crippen LogP contribution in [0.2, 0.25) is 0 Å². The molecule has 4 nitrogen and oxygen atoms in total. The molecule has 0 unspecified atom stereocenters. The van der Waals surface area contributed by atoms with E-state index < -0.39 is 15.6 Å². The second-order valence-electron chi connectivity index (χ2n) is 6.26. The fourth-order valence-electron chi connectivity index (χ4n) is 2.93. The minimum Gasteiger partial charge on any atom is -0.741 e. The van der Waals surface area contributed by atoms with Crippen LogP contribution in [0.4, 0.5) is 13.2 Å². The molecule has 1 aliphatic rings. The highest BCUT2D eigenvalue weighted by atomic mass is 32.2. The Morgan fingerprint density at radius 1 is 0.913 bits per heavy atom. The molecule has 0 aromatic rings. The predicted octanol–water partition coefficient (Wildman–Crippen LogP) is 4.03. The maximum Gasteiger partial charge on any atom is 0.485 e. The topological polar surface area (TPSA) is 57.2 Å². The van der Waals surface area contributed by atoms with Gasteiger partial charge in [-0.1, -0.05) is 33.1 Å². The maximum atomic E-state index is 10.7. The van der Waals surface area contributed by atoms with E-state index in [-0.39, 0.29) is 0 Å². The zero-order valence-electron chi connectivity index (χ0n) is 14.2. The summed E-state index contributed by atoms with van der Waals surface area (Å²) in [6.07, 6.45) is 11.5. The van der Waals surface area contributed by atoms with E-state index in [1.54, 1.807) is 0 Å². The molecule has 8 heteroatoms. The number of quaternary nitrogens is 1. The Kier molecular flexibility index (Phi) is 10.4. The van der Waals surface area contributed by atoms with Crippen LogP contribution in [-0.2, 0) is 10.1 Å². The predicted molar refractivity (Wildman–Crippen MR) is 83.8 cm³/mol. The van der Waals surface area contributed by atoms with Crippen LogP contribution in [0.3, 0.4) is 0 Å². The lowest BCUT2D eigenvalue weighted by Crippen LogP contribution is -2.46. The standard InChI is InChI=1S/C14H30N.CHF3O3S/c1-3-5-7-8-12-15(11-6-4-2)13-9-10-14-15;2-1(3,4)8(5,6)7/h3-14H2,1-2H3;(H,5,6,7)/q+1;/p-1. The molecule has 140 valence electrons. The molecule has 0 aromatic carbocycles. The SMILES string of the molecule is CCCCCC[N+]1(CCCC)CCCC1.O=S(=O)([O-])C(F)(F)F. The maximum absolute atomic E-state index is 10.7. The third-order valence-electron chi connectivity index (χ3n) is 4.27. The Morgan fingerprint density at radius 2 is 1.35 bits per heavy atom. The van der Waals surface area contributed by atoms with Crippen LogP contribution in [-0.4, -0.2) is 49.1 Å². The highest BCUT2D eigenvalue weighted by Gasteiger charge is 2.37. The van der Waals surface area contributed by atoms with E-state index in [9.17, 15) is 13.2 Å². The molecule has 0 saturated carbocycles. The summed E-state index contributed by atoms with van der Waals surface area (Å²) in [4.78, 5) is 0. The van der Waals surface area contributed by atoms with Gasteiger partial charge in [0, 0.05) is 12.8 Å². The first-order valence-corrected chi connectivity index (χ1v) is 9.86. The average molecular weight is 361 g/mol. The van der Waals surface area contributed by atoms with Gasteiger partial charge in [-0.05, 0) is 19.3 Å². The third-order valence-corrected chi connectivity index (χ3v) is 4.84. The first-order chi connectivity index (χ1) is 10.6. The Bertz CT molecular complexity index is 405. The van der Waals surface area contributed by atoms with Crippen LogP contribution >= 0.6 is 0 Å². The molecule has 0 aromatic heterocycles. The summed E-state index contributed by atoms with van der Waals surface area (Å²) >= 11 is 0. The molecule has 0 aliphatic carbocycles. The zero-order valence-corrected chi connectivity index (χ0v) is 15.0. The van der Waals surface area contributed by atoms with E-state index in [1.165, 1.54) is 82.0 Å². The molecule has 23 heavy (non-hydrogen) atoms. The van der Waals surface area contributed by atoms with Crippen LogP contribution < -0.4 is 0 Å². The van der Waals surface area contributed by atoms with Crippen molar-refractivity contribution in [2.45, 2.75) is 70.7 Å². The van der Waals surface area contributed by atoms with Crippen LogP contribution in [0.25, 0.3) is 0 Å². The summed E-state index contributed by atoms with van der Waals surface area (Å²) in [5.74, 6) is 0. The molecule has 0 spiro atoms. The van der Waals surface area contributed by atoms with Gasteiger partial charge in [-0.3, -0.25) is 0 Å². The number of hydrogen-bond donors (Lipinski definition) is 0. The average Bonchev–Trinajstić information content (AvgIpc) is 2.89. The van der Waals surface area contributed by atoms with E-state index >= 15 is 0 Å². The molecular weight excluding hydrogens is 331 g/mol. The fourth-order valence-corrected chi connectivity index (χ4v) is 2.93. The summed E-state index contributed by atoms with van der Waals surface area (Å²) in [7, 11) is -6.09. The molecule has 0 amide bonds. The third kappa shape index (κ3) is 9.52. The molecule has 1 heterocycles. The second-order valence-corrected chi connectivity index (χ2v) is 7.63. The molecule has 1 saturated heterocycles. The minimum atomic E-state index is -6.09. The normalized spacial score (nSPS) is 17.7. The van der Waals surface area contributed by atoms with Crippen LogP contribution in [0.1, 0.15) is 65.2 Å². The summed E-state index contributed by atoms with van der Waals surface area (Å²) in [5, 5.41) is 0. The Morgan fingerprint density at radius 3 is 1.74 bits per heavy atom. The van der Waals surface area contributed by atoms with Crippen LogP contribution in [0, 0.1) is 0 Å². The van der Waals surface area contributed by atoms with E-state index in [2.05, 4.69) is 13.8 Å². The lowest BCUT2D eigenvalue weighted by molar-refractivity contribution is -0.917. The van der Waals surface area contributed by atoms with Gasteiger partial charge in [0.25, 0.3) is 0 Å². The van der Waals surface area contributed by atoms with Crippen molar-refractivity contribution in [3.05, 3.63) is 0 Å². The van der Waals surface area contributed by atoms with Crippen molar-refractivity contribution in [1.29, 1.82) is 0 Å². The Balaban J connectivity index is 0.000000515. The fraction of sp³-hybridized carbons (Fsp3) is 1.00. The van der Waals surface area contributed by atoms with Crippen molar-refractivity contribution in [1.82, 2.24) is 0 Å². The molecule has 0 radical (unpaired) electrons. The van der Waals surface area contributed by atoms with Gasteiger partial charge in [-0.15, -0.1) is 0 Å². The summed E-state index contributed by atoms with van der Waals surface area (Å²) in [6, 6.07) is 0. The summed E-state index contributed by atoms with van der Waals surface area (Å²) < 4.78 is 60.4. The molecule has 0 N–H and O–H groups in total. The van der Waals surface area contributed by atoms with Crippen molar-refractivity contribution in [2.24, 2.45) is 0 Å². The van der Waals surface area contributed by atoms with Crippen LogP contribution in [0.15, 0.2) is 0 Å². The van der Waals surface area contributed by atoms with Crippen molar-refractivity contribution >= 4 is 10.1 Å². The van der Waals surface area contributed by atoms with Gasteiger partial charge in [-0.2, -0.15) is 13.2 Å².